The minimum atomic E-state index is -0.474. The molecule has 0 radical (unpaired) electrons. The highest BCUT2D eigenvalue weighted by Gasteiger charge is 2.33. The zero-order valence-electron chi connectivity index (χ0n) is 13.2. The molecule has 1 atom stereocenters. The van der Waals surface area contributed by atoms with Crippen molar-refractivity contribution in [3.63, 3.8) is 0 Å². The third-order valence-corrected chi connectivity index (χ3v) is 4.43. The maximum atomic E-state index is 12.6. The van der Waals surface area contributed by atoms with Crippen molar-refractivity contribution in [3.8, 4) is 11.1 Å². The Morgan fingerprint density at radius 1 is 1.09 bits per heavy atom. The van der Waals surface area contributed by atoms with Crippen LogP contribution in [0.25, 0.3) is 11.1 Å². The molecule has 2 aromatic carbocycles. The van der Waals surface area contributed by atoms with Gasteiger partial charge >= 0.3 is 0 Å². The van der Waals surface area contributed by atoms with Gasteiger partial charge in [-0.2, -0.15) is 0 Å². The van der Waals surface area contributed by atoms with Gasteiger partial charge in [-0.05, 0) is 48.6 Å². The molecule has 4 nitrogen and oxygen atoms in total. The number of carbonyl (C=O) groups is 2. The quantitative estimate of drug-likeness (QED) is 0.947. The molecule has 0 aromatic heterocycles. The van der Waals surface area contributed by atoms with Crippen molar-refractivity contribution in [1.29, 1.82) is 0 Å². The molecule has 1 aliphatic rings. The second-order valence-electron chi connectivity index (χ2n) is 5.95. The van der Waals surface area contributed by atoms with E-state index < -0.39 is 11.9 Å². The summed E-state index contributed by atoms with van der Waals surface area (Å²) in [5.41, 5.74) is 9.41. The van der Waals surface area contributed by atoms with Crippen LogP contribution in [0, 0.1) is 6.92 Å². The molecule has 2 N–H and O–H groups in total. The zero-order valence-corrected chi connectivity index (χ0v) is 13.2. The minimum absolute atomic E-state index is 0.123. The van der Waals surface area contributed by atoms with Crippen LogP contribution in [-0.2, 0) is 4.79 Å². The normalized spacial score (nSPS) is 17.3. The molecular weight excluding hydrogens is 288 g/mol. The van der Waals surface area contributed by atoms with Crippen LogP contribution < -0.4 is 5.73 Å². The van der Waals surface area contributed by atoms with E-state index in [9.17, 15) is 9.59 Å². The van der Waals surface area contributed by atoms with E-state index in [1.54, 1.807) is 4.90 Å². The molecule has 3 rings (SSSR count). The topological polar surface area (TPSA) is 63.4 Å². The smallest absolute Gasteiger partial charge is 0.254 e. The molecule has 0 spiro atoms. The lowest BCUT2D eigenvalue weighted by atomic mass is 9.99. The third kappa shape index (κ3) is 2.97. The molecule has 0 saturated carbocycles. The Labute approximate surface area is 135 Å². The standard InChI is InChI=1S/C19H20N2O2/c1-13-5-2-3-6-16(13)14-8-10-15(11-9-14)19(23)21-12-4-7-17(21)18(20)22/h2-3,5-6,8-11,17H,4,7,12H2,1H3,(H2,20,22). The lowest BCUT2D eigenvalue weighted by Gasteiger charge is -2.22. The summed E-state index contributed by atoms with van der Waals surface area (Å²) in [6, 6.07) is 15.2. The second kappa shape index (κ2) is 6.24. The Balaban J connectivity index is 1.84. The highest BCUT2D eigenvalue weighted by molar-refractivity contribution is 5.98. The zero-order chi connectivity index (χ0) is 16.4. The molecule has 1 unspecified atom stereocenters. The Bertz CT molecular complexity index is 737. The fourth-order valence-electron chi connectivity index (χ4n) is 3.16. The van der Waals surface area contributed by atoms with E-state index in [1.807, 2.05) is 36.4 Å². The number of benzene rings is 2. The van der Waals surface area contributed by atoms with Gasteiger partial charge in [0.05, 0.1) is 0 Å². The molecule has 1 aliphatic heterocycles. The monoisotopic (exact) mass is 308 g/mol. The summed E-state index contributed by atoms with van der Waals surface area (Å²) in [6.07, 6.45) is 1.48. The molecule has 0 bridgehead atoms. The highest BCUT2D eigenvalue weighted by atomic mass is 16.2. The van der Waals surface area contributed by atoms with E-state index in [1.165, 1.54) is 5.56 Å². The van der Waals surface area contributed by atoms with Crippen molar-refractivity contribution < 1.29 is 9.59 Å². The lowest BCUT2D eigenvalue weighted by molar-refractivity contribution is -0.121. The Morgan fingerprint density at radius 2 is 1.78 bits per heavy atom. The van der Waals surface area contributed by atoms with Gasteiger partial charge in [0.25, 0.3) is 5.91 Å². The van der Waals surface area contributed by atoms with E-state index in [0.29, 0.717) is 18.5 Å². The molecule has 118 valence electrons. The van der Waals surface area contributed by atoms with Gasteiger partial charge in [-0.1, -0.05) is 36.4 Å². The summed E-state index contributed by atoms with van der Waals surface area (Å²) >= 11 is 0. The van der Waals surface area contributed by atoms with Crippen LogP contribution in [0.15, 0.2) is 48.5 Å². The number of carbonyl (C=O) groups excluding carboxylic acids is 2. The second-order valence-corrected chi connectivity index (χ2v) is 5.95. The fourth-order valence-corrected chi connectivity index (χ4v) is 3.16. The van der Waals surface area contributed by atoms with Gasteiger partial charge < -0.3 is 10.6 Å². The van der Waals surface area contributed by atoms with Crippen molar-refractivity contribution in [2.45, 2.75) is 25.8 Å². The number of primary amides is 1. The first-order valence-corrected chi connectivity index (χ1v) is 7.84. The van der Waals surface area contributed by atoms with Crippen LogP contribution in [0.2, 0.25) is 0 Å². The first-order valence-electron chi connectivity index (χ1n) is 7.84. The van der Waals surface area contributed by atoms with Gasteiger partial charge in [0.2, 0.25) is 5.91 Å². The number of nitrogens with two attached hydrogens (primary N) is 1. The van der Waals surface area contributed by atoms with Gasteiger partial charge in [0.15, 0.2) is 0 Å². The first-order chi connectivity index (χ1) is 11.1. The van der Waals surface area contributed by atoms with Crippen LogP contribution in [0.3, 0.4) is 0 Å². The summed E-state index contributed by atoms with van der Waals surface area (Å²) < 4.78 is 0. The Morgan fingerprint density at radius 3 is 2.43 bits per heavy atom. The molecule has 2 aromatic rings. The van der Waals surface area contributed by atoms with Crippen LogP contribution >= 0.6 is 0 Å². The Hall–Kier alpha value is -2.62. The predicted molar refractivity (Wildman–Crippen MR) is 89.9 cm³/mol. The van der Waals surface area contributed by atoms with Crippen LogP contribution in [0.5, 0.6) is 0 Å². The number of nitrogens with zero attached hydrogens (tertiary/aromatic N) is 1. The van der Waals surface area contributed by atoms with Crippen molar-refractivity contribution >= 4 is 11.8 Å². The fraction of sp³-hybridized carbons (Fsp3) is 0.263. The van der Waals surface area contributed by atoms with Gasteiger partial charge in [-0.25, -0.2) is 0 Å². The number of likely N-dealkylation sites (tertiary alicyclic amines) is 1. The van der Waals surface area contributed by atoms with E-state index in [2.05, 4.69) is 19.1 Å². The average molecular weight is 308 g/mol. The summed E-state index contributed by atoms with van der Waals surface area (Å²) in [5.74, 6) is -0.546. The van der Waals surface area contributed by atoms with E-state index in [4.69, 9.17) is 5.73 Å². The highest BCUT2D eigenvalue weighted by Crippen LogP contribution is 2.25. The van der Waals surface area contributed by atoms with Crippen molar-refractivity contribution in [1.82, 2.24) is 4.90 Å². The van der Waals surface area contributed by atoms with Crippen molar-refractivity contribution in [2.24, 2.45) is 5.73 Å². The summed E-state index contributed by atoms with van der Waals surface area (Å²) in [5, 5.41) is 0. The average Bonchev–Trinajstić information content (AvgIpc) is 3.05. The summed E-state index contributed by atoms with van der Waals surface area (Å²) in [4.78, 5) is 25.6. The molecule has 23 heavy (non-hydrogen) atoms. The van der Waals surface area contributed by atoms with Crippen molar-refractivity contribution in [2.75, 3.05) is 6.54 Å². The first kappa shape index (κ1) is 15.3. The summed E-state index contributed by atoms with van der Waals surface area (Å²) in [6.45, 7) is 2.65. The minimum Gasteiger partial charge on any atom is -0.368 e. The van der Waals surface area contributed by atoms with Crippen molar-refractivity contribution in [3.05, 3.63) is 59.7 Å². The molecular formula is C19H20N2O2. The SMILES string of the molecule is Cc1ccccc1-c1ccc(C(=O)N2CCCC2C(N)=O)cc1. The van der Waals surface area contributed by atoms with E-state index >= 15 is 0 Å². The number of hydrogen-bond donors (Lipinski definition) is 1. The van der Waals surface area contributed by atoms with Crippen LogP contribution in [0.1, 0.15) is 28.8 Å². The van der Waals surface area contributed by atoms with Gasteiger partial charge in [-0.3, -0.25) is 9.59 Å². The number of aryl methyl sites for hydroxylation is 1. The number of rotatable bonds is 3. The van der Waals surface area contributed by atoms with Gasteiger partial charge in [0.1, 0.15) is 6.04 Å². The van der Waals surface area contributed by atoms with Gasteiger partial charge in [-0.15, -0.1) is 0 Å². The maximum Gasteiger partial charge on any atom is 0.254 e. The van der Waals surface area contributed by atoms with Gasteiger partial charge in [0, 0.05) is 12.1 Å². The molecule has 0 aliphatic carbocycles. The Kier molecular flexibility index (Phi) is 4.15. The molecule has 1 fully saturated rings. The lowest BCUT2D eigenvalue weighted by Crippen LogP contribution is -2.43. The van der Waals surface area contributed by atoms with Crippen LogP contribution in [-0.4, -0.2) is 29.3 Å². The largest absolute Gasteiger partial charge is 0.368 e. The summed E-state index contributed by atoms with van der Waals surface area (Å²) in [7, 11) is 0. The predicted octanol–water partition coefficient (Wildman–Crippen LogP) is 2.75. The number of hydrogen-bond acceptors (Lipinski definition) is 2. The molecule has 2 amide bonds. The number of amides is 2. The maximum absolute atomic E-state index is 12.6. The van der Waals surface area contributed by atoms with E-state index in [-0.39, 0.29) is 5.91 Å². The third-order valence-electron chi connectivity index (χ3n) is 4.43. The molecule has 1 heterocycles. The van der Waals surface area contributed by atoms with E-state index in [0.717, 1.165) is 17.5 Å². The molecule has 4 heteroatoms. The van der Waals surface area contributed by atoms with Crippen LogP contribution in [0.4, 0.5) is 0 Å². The molecule has 1 saturated heterocycles.